The molecule has 0 radical (unpaired) electrons. The summed E-state index contributed by atoms with van der Waals surface area (Å²) in [4.78, 5) is 36.1. The van der Waals surface area contributed by atoms with Gasteiger partial charge < -0.3 is 24.4 Å². The lowest BCUT2D eigenvalue weighted by molar-refractivity contribution is -0.193. The largest absolute Gasteiger partial charge is 0.462 e. The SMILES string of the molecule is CC(=O)OC1C=CC2(C)C(OC(C)=O)CCC(C)=CC3OC(=O)C(C)C3(O)C(O)C2C1C. The highest BCUT2D eigenvalue weighted by atomic mass is 16.6. The van der Waals surface area contributed by atoms with Gasteiger partial charge in [0.15, 0.2) is 6.10 Å². The number of carbonyl (C=O) groups excluding carboxylic acids is 3. The molecule has 1 aliphatic heterocycles. The number of allylic oxidation sites excluding steroid dienone is 1. The van der Waals surface area contributed by atoms with E-state index in [0.717, 1.165) is 5.57 Å². The number of aliphatic hydroxyl groups excluding tert-OH is 1. The maximum Gasteiger partial charge on any atom is 0.312 e. The van der Waals surface area contributed by atoms with E-state index in [2.05, 4.69) is 0 Å². The Labute approximate surface area is 188 Å². The van der Waals surface area contributed by atoms with Crippen LogP contribution in [0.25, 0.3) is 0 Å². The fraction of sp³-hybridized carbons (Fsp3) is 0.708. The number of hydrogen-bond acceptors (Lipinski definition) is 8. The summed E-state index contributed by atoms with van der Waals surface area (Å²) < 4.78 is 16.7. The molecule has 8 heteroatoms. The maximum atomic E-state index is 12.5. The number of carbonyl (C=O) groups is 3. The van der Waals surface area contributed by atoms with Crippen molar-refractivity contribution >= 4 is 17.9 Å². The molecule has 0 aromatic heterocycles. The first-order valence-corrected chi connectivity index (χ1v) is 11.1. The van der Waals surface area contributed by atoms with E-state index in [4.69, 9.17) is 14.2 Å². The average molecular weight is 451 g/mol. The van der Waals surface area contributed by atoms with Crippen molar-refractivity contribution in [3.63, 3.8) is 0 Å². The number of ether oxygens (including phenoxy) is 3. The monoisotopic (exact) mass is 450 g/mol. The fourth-order valence-corrected chi connectivity index (χ4v) is 5.68. The predicted molar refractivity (Wildman–Crippen MR) is 114 cm³/mol. The van der Waals surface area contributed by atoms with Crippen molar-refractivity contribution in [1.82, 2.24) is 0 Å². The van der Waals surface area contributed by atoms with Crippen molar-refractivity contribution in [1.29, 1.82) is 0 Å². The molecule has 1 saturated heterocycles. The molecule has 0 aromatic rings. The molecule has 1 fully saturated rings. The van der Waals surface area contributed by atoms with E-state index in [1.54, 1.807) is 12.2 Å². The van der Waals surface area contributed by atoms with Gasteiger partial charge >= 0.3 is 17.9 Å². The van der Waals surface area contributed by atoms with Gasteiger partial charge in [0, 0.05) is 31.1 Å². The average Bonchev–Trinajstić information content (AvgIpc) is 2.90. The Morgan fingerprint density at radius 1 is 1.19 bits per heavy atom. The van der Waals surface area contributed by atoms with Crippen molar-refractivity contribution in [3.05, 3.63) is 23.8 Å². The Hall–Kier alpha value is -2.19. The van der Waals surface area contributed by atoms with Gasteiger partial charge in [-0.25, -0.2) is 0 Å². The topological polar surface area (TPSA) is 119 Å². The summed E-state index contributed by atoms with van der Waals surface area (Å²) in [7, 11) is 0. The summed E-state index contributed by atoms with van der Waals surface area (Å²) in [6.45, 7) is 9.72. The van der Waals surface area contributed by atoms with Crippen LogP contribution in [0.5, 0.6) is 0 Å². The van der Waals surface area contributed by atoms with Crippen molar-refractivity contribution in [3.8, 4) is 0 Å². The molecule has 3 aliphatic rings. The molecule has 0 saturated carbocycles. The summed E-state index contributed by atoms with van der Waals surface area (Å²) >= 11 is 0. The van der Waals surface area contributed by atoms with Gasteiger partial charge in [-0.1, -0.05) is 25.5 Å². The Morgan fingerprint density at radius 2 is 1.81 bits per heavy atom. The van der Waals surface area contributed by atoms with Gasteiger partial charge in [0.05, 0.1) is 12.0 Å². The maximum absolute atomic E-state index is 12.5. The molecule has 8 nitrogen and oxygen atoms in total. The Balaban J connectivity index is 2.19. The molecule has 178 valence electrons. The molecule has 3 rings (SSSR count). The Kier molecular flexibility index (Phi) is 6.60. The van der Waals surface area contributed by atoms with Crippen LogP contribution >= 0.6 is 0 Å². The predicted octanol–water partition coefficient (Wildman–Crippen LogP) is 2.07. The fourth-order valence-electron chi connectivity index (χ4n) is 5.68. The zero-order valence-corrected chi connectivity index (χ0v) is 19.5. The smallest absolute Gasteiger partial charge is 0.312 e. The molecular formula is C24H34O8. The lowest BCUT2D eigenvalue weighted by Crippen LogP contribution is -2.63. The molecular weight excluding hydrogens is 416 g/mol. The first-order valence-electron chi connectivity index (χ1n) is 11.1. The van der Waals surface area contributed by atoms with Crippen LogP contribution in [0.4, 0.5) is 0 Å². The lowest BCUT2D eigenvalue weighted by Gasteiger charge is -2.53. The highest BCUT2D eigenvalue weighted by molar-refractivity contribution is 5.77. The van der Waals surface area contributed by atoms with Crippen LogP contribution in [-0.2, 0) is 28.6 Å². The number of hydrogen-bond donors (Lipinski definition) is 2. The van der Waals surface area contributed by atoms with E-state index in [9.17, 15) is 24.6 Å². The van der Waals surface area contributed by atoms with Crippen LogP contribution in [0.15, 0.2) is 23.8 Å². The molecule has 2 aliphatic carbocycles. The van der Waals surface area contributed by atoms with Gasteiger partial charge in [0.25, 0.3) is 0 Å². The van der Waals surface area contributed by atoms with E-state index in [0.29, 0.717) is 12.8 Å². The number of fused-ring (bicyclic) bond motifs is 2. The number of rotatable bonds is 2. The summed E-state index contributed by atoms with van der Waals surface area (Å²) in [6.07, 6.45) is 2.56. The van der Waals surface area contributed by atoms with Crippen molar-refractivity contribution in [2.75, 3.05) is 0 Å². The van der Waals surface area contributed by atoms with Crippen molar-refractivity contribution < 1.29 is 38.8 Å². The second-order valence-corrected chi connectivity index (χ2v) is 9.75. The van der Waals surface area contributed by atoms with Gasteiger partial charge in [-0.05, 0) is 38.8 Å². The highest BCUT2D eigenvalue weighted by Gasteiger charge is 2.64. The van der Waals surface area contributed by atoms with E-state index in [-0.39, 0.29) is 0 Å². The van der Waals surface area contributed by atoms with E-state index < -0.39 is 71.1 Å². The highest BCUT2D eigenvalue weighted by Crippen LogP contribution is 2.53. The Morgan fingerprint density at radius 3 is 2.41 bits per heavy atom. The Bertz CT molecular complexity index is 847. The van der Waals surface area contributed by atoms with E-state index in [1.807, 2.05) is 26.8 Å². The molecule has 0 amide bonds. The third-order valence-corrected chi connectivity index (χ3v) is 7.55. The first-order chi connectivity index (χ1) is 14.8. The minimum atomic E-state index is -1.90. The van der Waals surface area contributed by atoms with Crippen molar-refractivity contribution in [2.45, 2.75) is 84.4 Å². The standard InChI is InChI=1S/C24H34O8/c1-12-7-8-18(31-16(5)26)23(6)10-9-17(30-15(4)25)13(2)20(23)21(27)24(29)14(3)22(28)32-19(24)11-12/h9-11,13-14,17-21,27,29H,7-8H2,1-6H3. The second-order valence-electron chi connectivity index (χ2n) is 9.75. The normalized spacial score (nSPS) is 43.9. The van der Waals surface area contributed by atoms with Gasteiger partial charge in [-0.2, -0.15) is 0 Å². The zero-order valence-electron chi connectivity index (χ0n) is 19.5. The zero-order chi connectivity index (χ0) is 24.0. The van der Waals surface area contributed by atoms with Crippen LogP contribution < -0.4 is 0 Å². The molecule has 0 bridgehead atoms. The van der Waals surface area contributed by atoms with Gasteiger partial charge in [-0.15, -0.1) is 0 Å². The molecule has 0 spiro atoms. The third kappa shape index (κ3) is 3.99. The minimum Gasteiger partial charge on any atom is -0.462 e. The minimum absolute atomic E-state index is 0.445. The van der Waals surface area contributed by atoms with E-state index in [1.165, 1.54) is 20.8 Å². The number of esters is 3. The lowest BCUT2D eigenvalue weighted by atomic mass is 9.56. The molecule has 32 heavy (non-hydrogen) atoms. The van der Waals surface area contributed by atoms with Crippen LogP contribution in [0.3, 0.4) is 0 Å². The molecule has 9 unspecified atom stereocenters. The molecule has 1 heterocycles. The van der Waals surface area contributed by atoms with Crippen LogP contribution in [0, 0.1) is 23.2 Å². The first kappa shape index (κ1) is 24.5. The number of aliphatic hydroxyl groups is 2. The van der Waals surface area contributed by atoms with Gasteiger partial charge in [0.2, 0.25) is 0 Å². The summed E-state index contributed by atoms with van der Waals surface area (Å²) in [5.41, 5.74) is -1.94. The van der Waals surface area contributed by atoms with Gasteiger partial charge in [0.1, 0.15) is 17.8 Å². The van der Waals surface area contributed by atoms with Crippen molar-refractivity contribution in [2.24, 2.45) is 23.2 Å². The third-order valence-electron chi connectivity index (χ3n) is 7.55. The summed E-state index contributed by atoms with van der Waals surface area (Å²) in [5.74, 6) is -3.64. The summed E-state index contributed by atoms with van der Waals surface area (Å²) in [6, 6.07) is 0. The molecule has 0 aromatic carbocycles. The molecule has 2 N–H and O–H groups in total. The molecule has 9 atom stereocenters. The van der Waals surface area contributed by atoms with Crippen LogP contribution in [-0.4, -0.2) is 58.1 Å². The quantitative estimate of drug-likeness (QED) is 0.373. The van der Waals surface area contributed by atoms with Crippen LogP contribution in [0.1, 0.15) is 54.4 Å². The van der Waals surface area contributed by atoms with E-state index >= 15 is 0 Å². The van der Waals surface area contributed by atoms with Gasteiger partial charge in [-0.3, -0.25) is 14.4 Å². The van der Waals surface area contributed by atoms with Crippen LogP contribution in [0.2, 0.25) is 0 Å². The second kappa shape index (κ2) is 8.63. The summed E-state index contributed by atoms with van der Waals surface area (Å²) in [5, 5.41) is 23.5.